The number of nitrogens with one attached hydrogen (secondary N) is 3. The van der Waals surface area contributed by atoms with E-state index in [1.807, 2.05) is 6.92 Å². The van der Waals surface area contributed by atoms with Crippen LogP contribution in [-0.2, 0) is 4.74 Å². The van der Waals surface area contributed by atoms with Crippen LogP contribution >= 0.6 is 11.3 Å². The first-order valence-electron chi connectivity index (χ1n) is 8.49. The average molecular weight is 423 g/mol. The lowest BCUT2D eigenvalue weighted by Gasteiger charge is -2.16. The van der Waals surface area contributed by atoms with Crippen LogP contribution in [0, 0.1) is 0 Å². The summed E-state index contributed by atoms with van der Waals surface area (Å²) < 4.78 is 15.2. The number of rotatable bonds is 9. The molecule has 0 fully saturated rings. The van der Waals surface area contributed by atoms with Crippen LogP contribution in [0.4, 0.5) is 16.0 Å². The minimum Gasteiger partial charge on any atom is -0.488 e. The predicted octanol–water partition coefficient (Wildman–Crippen LogP) is -0.156. The lowest BCUT2D eigenvalue weighted by molar-refractivity contribution is -0.353. The standard InChI is InChI=1S/C17H22N6O5S/c1-9(5-6-18)20-16-22-23-17(29-16)21-14(24)12-7-11(19-10(2)8-26-3)13(27-4)15(25)28-12/h5-7,10,19H,8,18H2,1-4H3,(H,21,23,24)/p+1/b6-5-,20-9+/t10-/m1/s1. The van der Waals surface area contributed by atoms with E-state index in [1.165, 1.54) is 19.4 Å². The number of amides is 1. The fourth-order valence-electron chi connectivity index (χ4n) is 2.29. The summed E-state index contributed by atoms with van der Waals surface area (Å²) in [4.78, 5) is 27.7. The fourth-order valence-corrected chi connectivity index (χ4v) is 2.99. The highest BCUT2D eigenvalue weighted by atomic mass is 32.1. The lowest BCUT2D eigenvalue weighted by atomic mass is 10.2. The van der Waals surface area contributed by atoms with E-state index >= 15 is 0 Å². The molecule has 0 spiro atoms. The summed E-state index contributed by atoms with van der Waals surface area (Å²) in [6.07, 6.45) is 3.04. The van der Waals surface area contributed by atoms with Gasteiger partial charge in [-0.1, -0.05) is 0 Å². The van der Waals surface area contributed by atoms with Crippen molar-refractivity contribution in [1.82, 2.24) is 10.2 Å². The van der Waals surface area contributed by atoms with E-state index in [2.05, 4.69) is 25.8 Å². The van der Waals surface area contributed by atoms with Gasteiger partial charge in [-0.05, 0) is 42.6 Å². The van der Waals surface area contributed by atoms with E-state index in [0.717, 1.165) is 17.0 Å². The summed E-state index contributed by atoms with van der Waals surface area (Å²) in [5.41, 5.74) is 5.61. The molecule has 0 saturated carbocycles. The van der Waals surface area contributed by atoms with Crippen molar-refractivity contribution in [1.29, 1.82) is 0 Å². The summed E-state index contributed by atoms with van der Waals surface area (Å²) in [6, 6.07) is 1.25. The van der Waals surface area contributed by atoms with E-state index in [9.17, 15) is 9.59 Å². The molecule has 12 heteroatoms. The Balaban J connectivity index is 2.22. The quantitative estimate of drug-likeness (QED) is 0.403. The van der Waals surface area contributed by atoms with Gasteiger partial charge in [0.15, 0.2) is 5.76 Å². The number of hydrogen-bond donors (Lipinski definition) is 4. The number of hydrogen-bond acceptors (Lipinski definition) is 10. The van der Waals surface area contributed by atoms with Crippen molar-refractivity contribution in [2.45, 2.75) is 19.9 Å². The predicted molar refractivity (Wildman–Crippen MR) is 109 cm³/mol. The van der Waals surface area contributed by atoms with E-state index in [-0.39, 0.29) is 22.7 Å². The monoisotopic (exact) mass is 423 g/mol. The van der Waals surface area contributed by atoms with Gasteiger partial charge in [-0.3, -0.25) is 10.1 Å². The van der Waals surface area contributed by atoms with Crippen molar-refractivity contribution in [2.75, 3.05) is 31.5 Å². The number of carbonyl (C=O) groups excluding carboxylic acids is 1. The summed E-state index contributed by atoms with van der Waals surface area (Å²) in [7, 11) is 2.90. The molecule has 0 aliphatic heterocycles. The molecule has 0 unspecified atom stereocenters. The number of anilines is 2. The molecule has 11 nitrogen and oxygen atoms in total. The Kier molecular flexibility index (Phi) is 7.86. The summed E-state index contributed by atoms with van der Waals surface area (Å²) >= 11 is 1.11. The number of nitrogens with two attached hydrogens (primary N) is 1. The van der Waals surface area contributed by atoms with Crippen LogP contribution in [-0.4, -0.2) is 48.7 Å². The van der Waals surface area contributed by atoms with Gasteiger partial charge in [0.2, 0.25) is 10.9 Å². The van der Waals surface area contributed by atoms with Gasteiger partial charge in [-0.25, -0.2) is 9.79 Å². The molecule has 1 atom stereocenters. The maximum Gasteiger partial charge on any atom is 0.409 e. The van der Waals surface area contributed by atoms with E-state index in [0.29, 0.717) is 17.4 Å². The van der Waals surface area contributed by atoms with Crippen molar-refractivity contribution >= 4 is 38.9 Å². The number of carbonyl (C=O) groups is 1. The normalized spacial score (nSPS) is 12.8. The van der Waals surface area contributed by atoms with Crippen LogP contribution in [0.5, 0.6) is 5.75 Å². The van der Waals surface area contributed by atoms with Crippen LogP contribution in [0.1, 0.15) is 24.4 Å². The summed E-state index contributed by atoms with van der Waals surface area (Å²) in [6.45, 7) is 4.04. The molecule has 0 aliphatic carbocycles. The number of allylic oxidation sites excluding steroid dienone is 1. The molecule has 0 radical (unpaired) electrons. The van der Waals surface area contributed by atoms with Crippen molar-refractivity contribution in [3.05, 3.63) is 34.5 Å². The third-order valence-corrected chi connectivity index (χ3v) is 4.20. The molecule has 29 heavy (non-hydrogen) atoms. The van der Waals surface area contributed by atoms with Crippen LogP contribution in [0.15, 0.2) is 27.6 Å². The first-order valence-corrected chi connectivity index (χ1v) is 9.30. The van der Waals surface area contributed by atoms with Gasteiger partial charge < -0.3 is 24.9 Å². The molecule has 0 aromatic carbocycles. The molecule has 0 bridgehead atoms. The maximum atomic E-state index is 12.5. The van der Waals surface area contributed by atoms with Crippen molar-refractivity contribution in [3.8, 4) is 5.75 Å². The highest BCUT2D eigenvalue weighted by molar-refractivity contribution is 7.18. The van der Waals surface area contributed by atoms with E-state index in [4.69, 9.17) is 19.6 Å². The number of methoxy groups -OCH3 is 2. The van der Waals surface area contributed by atoms with E-state index in [1.54, 1.807) is 20.1 Å². The summed E-state index contributed by atoms with van der Waals surface area (Å²) in [5.74, 6) is -0.898. The molecule has 2 aromatic rings. The average Bonchev–Trinajstić information content (AvgIpc) is 3.08. The van der Waals surface area contributed by atoms with Crippen molar-refractivity contribution in [2.24, 2.45) is 5.73 Å². The Hall–Kier alpha value is -3.25. The Morgan fingerprint density at radius 2 is 2.21 bits per heavy atom. The highest BCUT2D eigenvalue weighted by Gasteiger charge is 2.21. The van der Waals surface area contributed by atoms with Crippen LogP contribution in [0.25, 0.3) is 0 Å². The molecular weight excluding hydrogens is 400 g/mol. The Morgan fingerprint density at radius 1 is 1.45 bits per heavy atom. The molecular formula is C17H23N6O5S+. The SMILES string of the molecule is COC[C@@H](C)Nc1cc(C(=O)Nc2nnc(/[NH+]=C(C)/C=C\N)s2)oc(=O)c1OC. The van der Waals surface area contributed by atoms with Crippen LogP contribution in [0.3, 0.4) is 0 Å². The van der Waals surface area contributed by atoms with Gasteiger partial charge >= 0.3 is 10.8 Å². The maximum absolute atomic E-state index is 12.5. The largest absolute Gasteiger partial charge is 0.488 e. The van der Waals surface area contributed by atoms with Gasteiger partial charge in [0.05, 0.1) is 24.5 Å². The Bertz CT molecular complexity index is 967. The second-order valence-electron chi connectivity index (χ2n) is 5.88. The summed E-state index contributed by atoms with van der Waals surface area (Å²) in [5, 5.41) is 14.1. The van der Waals surface area contributed by atoms with E-state index < -0.39 is 11.5 Å². The molecule has 2 aromatic heterocycles. The molecule has 0 aliphatic rings. The Morgan fingerprint density at radius 3 is 2.86 bits per heavy atom. The smallest absolute Gasteiger partial charge is 0.409 e. The molecule has 5 N–H and O–H groups in total. The molecule has 156 valence electrons. The van der Waals surface area contributed by atoms with Gasteiger partial charge in [-0.2, -0.15) is 0 Å². The zero-order valence-electron chi connectivity index (χ0n) is 16.4. The third-order valence-electron chi connectivity index (χ3n) is 3.45. The second kappa shape index (κ2) is 10.3. The number of ether oxygens (including phenoxy) is 2. The third kappa shape index (κ3) is 6.12. The van der Waals surface area contributed by atoms with Gasteiger partial charge in [0.1, 0.15) is 5.71 Å². The molecule has 1 amide bonds. The van der Waals surface area contributed by atoms with Crippen molar-refractivity contribution in [3.63, 3.8) is 0 Å². The Labute approximate surface area is 170 Å². The first-order chi connectivity index (χ1) is 13.9. The second-order valence-corrected chi connectivity index (χ2v) is 6.86. The zero-order valence-corrected chi connectivity index (χ0v) is 17.3. The molecule has 0 saturated heterocycles. The van der Waals surface area contributed by atoms with Crippen molar-refractivity contribution < 1.29 is 23.7 Å². The first kappa shape index (κ1) is 22.0. The zero-order chi connectivity index (χ0) is 21.4. The van der Waals surface area contributed by atoms with Crippen LogP contribution in [0.2, 0.25) is 0 Å². The number of aromatic nitrogens is 2. The van der Waals surface area contributed by atoms with Gasteiger partial charge in [0.25, 0.3) is 5.91 Å². The van der Waals surface area contributed by atoms with Gasteiger partial charge in [0, 0.05) is 19.2 Å². The molecule has 2 heterocycles. The highest BCUT2D eigenvalue weighted by Crippen LogP contribution is 2.23. The van der Waals surface area contributed by atoms with Gasteiger partial charge in [-0.15, -0.1) is 0 Å². The van der Waals surface area contributed by atoms with Crippen LogP contribution < -0.4 is 31.7 Å². The fraction of sp³-hybridized carbons (Fsp3) is 0.353. The lowest BCUT2D eigenvalue weighted by Crippen LogP contribution is -2.65. The molecule has 2 rings (SSSR count). The topological polar surface area (TPSA) is 156 Å². The minimum atomic E-state index is -0.786. The number of nitrogens with zero attached hydrogens (tertiary/aromatic N) is 2. The minimum absolute atomic E-state index is 0.0362.